The van der Waals surface area contributed by atoms with Gasteiger partial charge in [0.1, 0.15) is 29.8 Å². The summed E-state index contributed by atoms with van der Waals surface area (Å²) in [6, 6.07) is 4.15. The highest BCUT2D eigenvalue weighted by Crippen LogP contribution is 2.49. The maximum absolute atomic E-state index is 14.7. The zero-order valence-electron chi connectivity index (χ0n) is 32.7. The van der Waals surface area contributed by atoms with E-state index in [1.807, 2.05) is 4.72 Å². The monoisotopic (exact) mass is 818 g/mol. The first-order valence-corrected chi connectivity index (χ1v) is 21.4. The van der Waals surface area contributed by atoms with Crippen LogP contribution >= 0.6 is 0 Å². The zero-order chi connectivity index (χ0) is 41.1. The number of alkyl halides is 2. The number of alkyl carbamates (subject to hydrolysis) is 1. The summed E-state index contributed by atoms with van der Waals surface area (Å²) in [5.41, 5.74) is -3.11. The molecule has 3 aliphatic carbocycles. The topological polar surface area (TPSA) is 195 Å². The highest BCUT2D eigenvalue weighted by molar-refractivity contribution is 7.91. The molecule has 1 aromatic carbocycles. The van der Waals surface area contributed by atoms with Crippen molar-refractivity contribution in [2.45, 2.75) is 146 Å². The van der Waals surface area contributed by atoms with Crippen LogP contribution in [0.15, 0.2) is 29.1 Å². The number of carbonyl (C=O) groups excluding carboxylic acids is 4. The van der Waals surface area contributed by atoms with Gasteiger partial charge < -0.3 is 25.0 Å². The summed E-state index contributed by atoms with van der Waals surface area (Å²) in [5, 5.41) is 5.56. The Morgan fingerprint density at radius 3 is 2.42 bits per heavy atom. The molecule has 4 amide bonds. The van der Waals surface area contributed by atoms with Gasteiger partial charge in [-0.25, -0.2) is 22.0 Å². The first-order chi connectivity index (χ1) is 26.8. The Morgan fingerprint density at radius 2 is 1.74 bits per heavy atom. The zero-order valence-corrected chi connectivity index (χ0v) is 33.5. The molecule has 15 nitrogen and oxygen atoms in total. The largest absolute Gasteiger partial charge is 0.459 e. The summed E-state index contributed by atoms with van der Waals surface area (Å²) < 4.78 is 68.9. The molecule has 0 radical (unpaired) electrons. The van der Waals surface area contributed by atoms with Crippen LogP contribution in [-0.2, 0) is 35.7 Å². The van der Waals surface area contributed by atoms with Gasteiger partial charge in [-0.15, -0.1) is 0 Å². The molecule has 4 fully saturated rings. The molecule has 3 N–H and O–H groups in total. The molecular weight excluding hydrogens is 767 g/mol. The number of halogens is 2. The van der Waals surface area contributed by atoms with Crippen LogP contribution in [0, 0.1) is 17.3 Å². The number of hydrogen-bond acceptors (Lipinski definition) is 10. The van der Waals surface area contributed by atoms with E-state index in [9.17, 15) is 41.2 Å². The lowest BCUT2D eigenvalue weighted by molar-refractivity contribution is -0.143. The number of aromatic nitrogens is 2. The molecule has 2 bridgehead atoms. The van der Waals surface area contributed by atoms with E-state index in [-0.39, 0.29) is 55.9 Å². The van der Waals surface area contributed by atoms with Crippen molar-refractivity contribution in [1.82, 2.24) is 29.8 Å². The van der Waals surface area contributed by atoms with Crippen LogP contribution < -0.4 is 25.7 Å². The average molecular weight is 819 g/mol. The van der Waals surface area contributed by atoms with Crippen molar-refractivity contribution in [2.75, 3.05) is 6.54 Å². The lowest BCUT2D eigenvalue weighted by Gasteiger charge is -2.35. The molecule has 0 spiro atoms. The Balaban J connectivity index is 1.24. The predicted octanol–water partition coefficient (Wildman–Crippen LogP) is 3.77. The predicted molar refractivity (Wildman–Crippen MR) is 203 cm³/mol. The van der Waals surface area contributed by atoms with Gasteiger partial charge in [0.25, 0.3) is 17.5 Å². The molecule has 7 rings (SSSR count). The van der Waals surface area contributed by atoms with E-state index in [0.717, 1.165) is 32.1 Å². The van der Waals surface area contributed by atoms with E-state index in [2.05, 4.69) is 15.6 Å². The average Bonchev–Trinajstić information content (AvgIpc) is 3.97. The quantitative estimate of drug-likeness (QED) is 0.386. The van der Waals surface area contributed by atoms with E-state index < -0.39 is 86.5 Å². The van der Waals surface area contributed by atoms with Crippen LogP contribution in [0.1, 0.15) is 98.3 Å². The maximum Gasteiger partial charge on any atom is 0.408 e. The molecule has 1 unspecified atom stereocenters. The van der Waals surface area contributed by atoms with Gasteiger partial charge in [0.05, 0.1) is 28.1 Å². The van der Waals surface area contributed by atoms with Gasteiger partial charge in [-0.2, -0.15) is 4.98 Å². The Morgan fingerprint density at radius 1 is 1.02 bits per heavy atom. The third-order valence-electron chi connectivity index (χ3n) is 12.5. The van der Waals surface area contributed by atoms with Crippen LogP contribution in [-0.4, -0.2) is 94.2 Å². The molecule has 312 valence electrons. The normalized spacial score (nSPS) is 30.5. The number of sulfonamides is 1. The molecule has 2 aromatic rings. The van der Waals surface area contributed by atoms with Crippen molar-refractivity contribution in [3.63, 3.8) is 0 Å². The number of amides is 4. The summed E-state index contributed by atoms with van der Waals surface area (Å²) >= 11 is 0. The lowest BCUT2D eigenvalue weighted by atomic mass is 9.85. The molecule has 3 heterocycles. The number of para-hydroxylation sites is 1. The summed E-state index contributed by atoms with van der Waals surface area (Å²) in [6.45, 7) is 6.67. The number of hydrogen-bond donors (Lipinski definition) is 3. The number of carbonyl (C=O) groups is 4. The van der Waals surface area contributed by atoms with Gasteiger partial charge in [0.15, 0.2) is 0 Å². The number of benzene rings is 1. The fourth-order valence-electron chi connectivity index (χ4n) is 8.54. The molecule has 57 heavy (non-hydrogen) atoms. The Labute approximate surface area is 330 Å². The van der Waals surface area contributed by atoms with E-state index in [1.54, 1.807) is 45.0 Å². The number of nitrogens with one attached hydrogen (secondary N) is 3. The van der Waals surface area contributed by atoms with Crippen molar-refractivity contribution in [2.24, 2.45) is 17.3 Å². The third kappa shape index (κ3) is 8.06. The fourth-order valence-corrected chi connectivity index (χ4v) is 9.85. The standard InChI is InChI=1S/C39H52F2N6O9S/c1-37(2,3)29-33(50)47-21-23(19-27(47)31(48)44-39(20-25(39)30(40)41)34(51)45-57(53,54)38(4)16-17-38)55-35-42-26-14-8-7-13-24(26)32(49)46(35)18-9-5-6-11-22-12-10-15-28(22)56-36(52)43-29/h7-8,13-14,22-23,25,27-30H,5-6,9-12,15-21H2,1-4H3,(H,43,52)(H,44,48)(H,45,51)/t22?,23-,25+,27+,28-,29-,39-/m1/s1. The second-order valence-electron chi connectivity index (χ2n) is 17.8. The summed E-state index contributed by atoms with van der Waals surface area (Å²) in [4.78, 5) is 75.7. The molecule has 7 atom stereocenters. The fraction of sp³-hybridized carbons (Fsp3) is 0.692. The number of fused-ring (bicyclic) bond motifs is 5. The minimum absolute atomic E-state index is 0.0159. The molecule has 18 heteroatoms. The maximum atomic E-state index is 14.7. The smallest absolute Gasteiger partial charge is 0.408 e. The first kappa shape index (κ1) is 40.8. The van der Waals surface area contributed by atoms with Gasteiger partial charge in [-0.3, -0.25) is 28.5 Å². The SMILES string of the molecule is CC(C)(C)[C@@H]1NC(=O)O[C@@H]2CCCC2CCCCCn2c(nc3ccccc3c2=O)O[C@@H]2C[C@@H](C(=O)N[C@]3(C(=O)NS(=O)(=O)C4(C)CC4)C[C@H]3C(F)F)N(C2)C1=O. The van der Waals surface area contributed by atoms with Crippen molar-refractivity contribution in [3.8, 4) is 6.01 Å². The Bertz CT molecular complexity index is 2100. The Hall–Kier alpha value is -4.35. The van der Waals surface area contributed by atoms with Gasteiger partial charge in [-0.1, -0.05) is 45.7 Å². The minimum Gasteiger partial charge on any atom is -0.459 e. The van der Waals surface area contributed by atoms with Gasteiger partial charge in [0, 0.05) is 13.0 Å². The van der Waals surface area contributed by atoms with Gasteiger partial charge in [-0.05, 0) is 81.8 Å². The molecule has 1 aromatic heterocycles. The van der Waals surface area contributed by atoms with Crippen LogP contribution in [0.3, 0.4) is 0 Å². The van der Waals surface area contributed by atoms with Crippen LogP contribution in [0.4, 0.5) is 13.6 Å². The number of nitrogens with zero attached hydrogens (tertiary/aromatic N) is 3. The van der Waals surface area contributed by atoms with E-state index in [1.165, 1.54) is 16.4 Å². The van der Waals surface area contributed by atoms with Crippen LogP contribution in [0.25, 0.3) is 10.9 Å². The highest BCUT2D eigenvalue weighted by atomic mass is 32.2. The lowest BCUT2D eigenvalue weighted by Crippen LogP contribution is -2.60. The van der Waals surface area contributed by atoms with Crippen molar-refractivity contribution >= 4 is 44.7 Å². The second kappa shape index (κ2) is 15.1. The molecular formula is C39H52F2N6O9S. The van der Waals surface area contributed by atoms with E-state index in [0.29, 0.717) is 23.7 Å². The minimum atomic E-state index is -4.25. The summed E-state index contributed by atoms with van der Waals surface area (Å²) in [5.74, 6) is -4.51. The number of rotatable bonds is 6. The first-order valence-electron chi connectivity index (χ1n) is 19.9. The molecule has 2 aliphatic heterocycles. The summed E-state index contributed by atoms with van der Waals surface area (Å²) in [7, 11) is -4.25. The number of ether oxygens (including phenoxy) is 2. The van der Waals surface area contributed by atoms with Crippen molar-refractivity contribution < 1.29 is 45.9 Å². The van der Waals surface area contributed by atoms with Crippen LogP contribution in [0.2, 0.25) is 0 Å². The Kier molecular flexibility index (Phi) is 10.8. The van der Waals surface area contributed by atoms with Gasteiger partial charge in [0.2, 0.25) is 28.3 Å². The van der Waals surface area contributed by atoms with E-state index >= 15 is 0 Å². The molecule has 3 saturated carbocycles. The summed E-state index contributed by atoms with van der Waals surface area (Å²) in [6.07, 6.45) is 0.171. The highest BCUT2D eigenvalue weighted by Gasteiger charge is 2.67. The second-order valence-corrected chi connectivity index (χ2v) is 20.0. The third-order valence-corrected chi connectivity index (χ3v) is 14.7. The van der Waals surface area contributed by atoms with E-state index in [4.69, 9.17) is 9.47 Å². The van der Waals surface area contributed by atoms with Crippen LogP contribution in [0.5, 0.6) is 6.01 Å². The van der Waals surface area contributed by atoms with Crippen molar-refractivity contribution in [1.29, 1.82) is 0 Å². The van der Waals surface area contributed by atoms with Gasteiger partial charge >= 0.3 is 6.09 Å². The molecule has 1 saturated heterocycles. The molecule has 5 aliphatic rings. The van der Waals surface area contributed by atoms with Crippen molar-refractivity contribution in [3.05, 3.63) is 34.6 Å².